The molecule has 112 valence electrons. The minimum absolute atomic E-state index is 0.0524. The van der Waals surface area contributed by atoms with E-state index in [-0.39, 0.29) is 13.0 Å². The van der Waals surface area contributed by atoms with Gasteiger partial charge in [0.2, 0.25) is 5.91 Å². The fourth-order valence-corrected chi connectivity index (χ4v) is 2.50. The maximum Gasteiger partial charge on any atom is 0.392 e. The van der Waals surface area contributed by atoms with Crippen LogP contribution in [-0.2, 0) is 4.79 Å². The number of carbonyl (C=O) groups is 1. The van der Waals surface area contributed by atoms with Gasteiger partial charge < -0.3 is 10.6 Å². The summed E-state index contributed by atoms with van der Waals surface area (Å²) < 4.78 is 39.0. The van der Waals surface area contributed by atoms with E-state index in [9.17, 15) is 18.0 Å². The molecule has 0 spiro atoms. The van der Waals surface area contributed by atoms with Crippen molar-refractivity contribution in [2.45, 2.75) is 51.2 Å². The highest BCUT2D eigenvalue weighted by atomic mass is 19.4. The van der Waals surface area contributed by atoms with Gasteiger partial charge in [-0.1, -0.05) is 12.8 Å². The van der Waals surface area contributed by atoms with Gasteiger partial charge in [-0.25, -0.2) is 0 Å². The van der Waals surface area contributed by atoms with Gasteiger partial charge >= 0.3 is 6.18 Å². The summed E-state index contributed by atoms with van der Waals surface area (Å²) in [6, 6.07) is 0. The molecule has 1 aliphatic carbocycles. The summed E-state index contributed by atoms with van der Waals surface area (Å²) in [5.41, 5.74) is 4.96. The van der Waals surface area contributed by atoms with Crippen LogP contribution in [0.5, 0.6) is 0 Å². The van der Waals surface area contributed by atoms with Crippen LogP contribution >= 0.6 is 0 Å². The highest BCUT2D eigenvalue weighted by Gasteiger charge is 2.49. The molecular formula is C13H23F3N2O. The number of hydrogen-bond acceptors (Lipinski definition) is 2. The quantitative estimate of drug-likeness (QED) is 0.863. The first-order valence-corrected chi connectivity index (χ1v) is 6.65. The van der Waals surface area contributed by atoms with Crippen LogP contribution in [0.3, 0.4) is 0 Å². The van der Waals surface area contributed by atoms with Gasteiger partial charge in [-0.2, -0.15) is 13.2 Å². The molecule has 0 aromatic heterocycles. The Morgan fingerprint density at radius 2 is 1.79 bits per heavy atom. The van der Waals surface area contributed by atoms with Crippen molar-refractivity contribution in [1.29, 1.82) is 0 Å². The number of nitrogens with zero attached hydrogens (tertiary/aromatic N) is 1. The molecule has 2 N–H and O–H groups in total. The molecule has 0 heterocycles. The molecule has 3 nitrogen and oxygen atoms in total. The van der Waals surface area contributed by atoms with E-state index in [4.69, 9.17) is 5.73 Å². The molecule has 1 amide bonds. The van der Waals surface area contributed by atoms with Gasteiger partial charge in [0.1, 0.15) is 0 Å². The summed E-state index contributed by atoms with van der Waals surface area (Å²) in [5, 5.41) is 0. The van der Waals surface area contributed by atoms with Gasteiger partial charge in [-0.3, -0.25) is 4.79 Å². The van der Waals surface area contributed by atoms with E-state index in [0.29, 0.717) is 19.3 Å². The molecule has 2 atom stereocenters. The summed E-state index contributed by atoms with van der Waals surface area (Å²) in [5.74, 6) is -2.90. The van der Waals surface area contributed by atoms with Crippen molar-refractivity contribution < 1.29 is 18.0 Å². The van der Waals surface area contributed by atoms with E-state index in [1.807, 2.05) is 0 Å². The second-order valence-electron chi connectivity index (χ2n) is 5.95. The minimum atomic E-state index is -4.30. The Bertz CT molecular complexity index is 328. The molecule has 1 rings (SSSR count). The smallest absolute Gasteiger partial charge is 0.339 e. The van der Waals surface area contributed by atoms with Crippen LogP contribution in [0.25, 0.3) is 0 Å². The maximum absolute atomic E-state index is 13.0. The van der Waals surface area contributed by atoms with Gasteiger partial charge in [0, 0.05) is 25.0 Å². The molecule has 6 heteroatoms. The standard InChI is InChI=1S/C13H23F3N2O/c1-12(2,8-17)18(3)11(19)9-6-4-5-7-10(9)13(14,15)16/h9-10H,4-8,17H2,1-3H3. The van der Waals surface area contributed by atoms with Gasteiger partial charge in [0.05, 0.1) is 5.92 Å². The van der Waals surface area contributed by atoms with E-state index < -0.39 is 29.5 Å². The zero-order valence-corrected chi connectivity index (χ0v) is 11.8. The third kappa shape index (κ3) is 3.61. The van der Waals surface area contributed by atoms with Gasteiger partial charge in [-0.15, -0.1) is 0 Å². The molecule has 0 saturated heterocycles. The molecule has 1 fully saturated rings. The second kappa shape index (κ2) is 5.69. The van der Waals surface area contributed by atoms with Crippen molar-refractivity contribution in [3.8, 4) is 0 Å². The molecule has 2 unspecified atom stereocenters. The molecule has 0 aromatic rings. The lowest BCUT2D eigenvalue weighted by molar-refractivity contribution is -0.201. The molecular weight excluding hydrogens is 257 g/mol. The van der Waals surface area contributed by atoms with Crippen molar-refractivity contribution >= 4 is 5.91 Å². The van der Waals surface area contributed by atoms with E-state index >= 15 is 0 Å². The van der Waals surface area contributed by atoms with E-state index in [2.05, 4.69) is 0 Å². The van der Waals surface area contributed by atoms with Crippen molar-refractivity contribution in [1.82, 2.24) is 4.90 Å². The van der Waals surface area contributed by atoms with Crippen LogP contribution in [0.1, 0.15) is 39.5 Å². The number of nitrogens with two attached hydrogens (primary N) is 1. The lowest BCUT2D eigenvalue weighted by atomic mass is 9.77. The maximum atomic E-state index is 13.0. The average molecular weight is 280 g/mol. The van der Waals surface area contributed by atoms with Gasteiger partial charge in [-0.05, 0) is 26.7 Å². The zero-order valence-electron chi connectivity index (χ0n) is 11.8. The summed E-state index contributed by atoms with van der Waals surface area (Å²) in [4.78, 5) is 13.7. The van der Waals surface area contributed by atoms with Crippen LogP contribution < -0.4 is 5.73 Å². The Labute approximate surface area is 112 Å². The SMILES string of the molecule is CN(C(=O)C1CCCCC1C(F)(F)F)C(C)(C)CN. The summed E-state index contributed by atoms with van der Waals surface area (Å²) in [7, 11) is 1.54. The Kier molecular flexibility index (Phi) is 4.87. The Morgan fingerprint density at radius 3 is 2.26 bits per heavy atom. The Hall–Kier alpha value is -0.780. The summed E-state index contributed by atoms with van der Waals surface area (Å²) >= 11 is 0. The lowest BCUT2D eigenvalue weighted by Gasteiger charge is -2.40. The second-order valence-corrected chi connectivity index (χ2v) is 5.95. The number of amides is 1. The largest absolute Gasteiger partial charge is 0.392 e. The lowest BCUT2D eigenvalue weighted by Crippen LogP contribution is -2.54. The fourth-order valence-electron chi connectivity index (χ4n) is 2.50. The van der Waals surface area contributed by atoms with Crippen LogP contribution in [-0.4, -0.2) is 36.1 Å². The fraction of sp³-hybridized carbons (Fsp3) is 0.923. The van der Waals surface area contributed by atoms with Crippen LogP contribution in [0, 0.1) is 11.8 Å². The Balaban J connectivity index is 2.89. The average Bonchev–Trinajstić information content (AvgIpc) is 2.36. The first-order chi connectivity index (χ1) is 8.61. The molecule has 0 bridgehead atoms. The molecule has 0 aliphatic heterocycles. The predicted octanol–water partition coefficient (Wildman–Crippen LogP) is 2.55. The van der Waals surface area contributed by atoms with Crippen LogP contribution in [0.15, 0.2) is 0 Å². The number of likely N-dealkylation sites (N-methyl/N-ethyl adjacent to an activating group) is 1. The number of halogens is 3. The highest BCUT2D eigenvalue weighted by molar-refractivity contribution is 5.79. The highest BCUT2D eigenvalue weighted by Crippen LogP contribution is 2.42. The van der Waals surface area contributed by atoms with Crippen molar-refractivity contribution in [3.05, 3.63) is 0 Å². The van der Waals surface area contributed by atoms with E-state index in [1.54, 1.807) is 13.8 Å². The number of hydrogen-bond donors (Lipinski definition) is 1. The number of alkyl halides is 3. The minimum Gasteiger partial charge on any atom is -0.339 e. The first-order valence-electron chi connectivity index (χ1n) is 6.65. The number of rotatable bonds is 3. The van der Waals surface area contributed by atoms with Gasteiger partial charge in [0.25, 0.3) is 0 Å². The molecule has 1 saturated carbocycles. The normalized spacial score (nSPS) is 25.2. The number of carbonyl (C=O) groups excluding carboxylic acids is 1. The van der Waals surface area contributed by atoms with Crippen molar-refractivity contribution in [3.63, 3.8) is 0 Å². The Morgan fingerprint density at radius 1 is 1.26 bits per heavy atom. The van der Waals surface area contributed by atoms with E-state index in [1.165, 1.54) is 11.9 Å². The summed E-state index contributed by atoms with van der Waals surface area (Å²) in [6.45, 7) is 3.74. The zero-order chi connectivity index (χ0) is 14.8. The van der Waals surface area contributed by atoms with Crippen LogP contribution in [0.4, 0.5) is 13.2 Å². The summed E-state index contributed by atoms with van der Waals surface area (Å²) in [6.07, 6.45) is -2.71. The topological polar surface area (TPSA) is 46.3 Å². The van der Waals surface area contributed by atoms with Crippen molar-refractivity contribution in [2.75, 3.05) is 13.6 Å². The third-order valence-electron chi connectivity index (χ3n) is 4.24. The molecule has 1 aliphatic rings. The first kappa shape index (κ1) is 16.3. The van der Waals surface area contributed by atoms with E-state index in [0.717, 1.165) is 0 Å². The third-order valence-corrected chi connectivity index (χ3v) is 4.24. The van der Waals surface area contributed by atoms with Crippen LogP contribution in [0.2, 0.25) is 0 Å². The molecule has 0 radical (unpaired) electrons. The van der Waals surface area contributed by atoms with Gasteiger partial charge in [0.15, 0.2) is 0 Å². The molecule has 0 aromatic carbocycles. The molecule has 19 heavy (non-hydrogen) atoms. The predicted molar refractivity (Wildman–Crippen MR) is 67.4 cm³/mol. The monoisotopic (exact) mass is 280 g/mol. The van der Waals surface area contributed by atoms with Crippen molar-refractivity contribution in [2.24, 2.45) is 17.6 Å².